The predicted octanol–water partition coefficient (Wildman–Crippen LogP) is 5.69. The van der Waals surface area contributed by atoms with Gasteiger partial charge in [-0.3, -0.25) is 4.79 Å². The summed E-state index contributed by atoms with van der Waals surface area (Å²) < 4.78 is 33.9. The average Bonchev–Trinajstić information content (AvgIpc) is 2.70. The standard InChI is InChI=1S/C23H32F2O3/c1-3-4-15-5-7-16(8-6-15)14(2)18-11-12-20(28-23(18)27)19-10-9-17(13-26)21(24)22(19)25/h9-10,14-16,18,20,26H,3-8,11-13H2,1-2H3. The van der Waals surface area contributed by atoms with Gasteiger partial charge >= 0.3 is 5.97 Å². The van der Waals surface area contributed by atoms with Gasteiger partial charge < -0.3 is 9.84 Å². The number of rotatable bonds is 6. The molecule has 156 valence electrons. The number of cyclic esters (lactones) is 1. The van der Waals surface area contributed by atoms with Crippen LogP contribution >= 0.6 is 0 Å². The molecule has 1 saturated carbocycles. The highest BCUT2D eigenvalue weighted by Crippen LogP contribution is 2.43. The van der Waals surface area contributed by atoms with Gasteiger partial charge in [0.1, 0.15) is 6.10 Å². The highest BCUT2D eigenvalue weighted by Gasteiger charge is 2.39. The monoisotopic (exact) mass is 394 g/mol. The van der Waals surface area contributed by atoms with E-state index in [2.05, 4.69) is 13.8 Å². The van der Waals surface area contributed by atoms with Crippen LogP contribution in [0.15, 0.2) is 12.1 Å². The Morgan fingerprint density at radius 1 is 1.11 bits per heavy atom. The molecule has 3 unspecified atom stereocenters. The van der Waals surface area contributed by atoms with Crippen molar-refractivity contribution in [3.05, 3.63) is 34.9 Å². The van der Waals surface area contributed by atoms with E-state index >= 15 is 0 Å². The molecule has 1 aromatic carbocycles. The Labute approximate surface area is 166 Å². The molecule has 1 saturated heterocycles. The maximum absolute atomic E-state index is 14.3. The summed E-state index contributed by atoms with van der Waals surface area (Å²) in [4.78, 5) is 12.7. The Morgan fingerprint density at radius 2 is 1.82 bits per heavy atom. The number of halogens is 2. The molecule has 1 aliphatic carbocycles. The Kier molecular flexibility index (Phi) is 7.08. The summed E-state index contributed by atoms with van der Waals surface area (Å²) in [6.07, 6.45) is 7.75. The first-order chi connectivity index (χ1) is 13.5. The lowest BCUT2D eigenvalue weighted by molar-refractivity contribution is -0.164. The molecular weight excluding hydrogens is 362 g/mol. The molecule has 3 rings (SSSR count). The Bertz CT molecular complexity index is 683. The van der Waals surface area contributed by atoms with Crippen LogP contribution in [0, 0.1) is 35.3 Å². The van der Waals surface area contributed by atoms with Gasteiger partial charge in [0, 0.05) is 11.1 Å². The number of aliphatic hydroxyl groups is 1. The number of hydrogen-bond donors (Lipinski definition) is 1. The fourth-order valence-electron chi connectivity index (χ4n) is 5.15. The van der Waals surface area contributed by atoms with Gasteiger partial charge in [0.15, 0.2) is 11.6 Å². The topological polar surface area (TPSA) is 46.5 Å². The number of benzene rings is 1. The number of aliphatic hydroxyl groups excluding tert-OH is 1. The second kappa shape index (κ2) is 9.34. The molecule has 0 aromatic heterocycles. The van der Waals surface area contributed by atoms with E-state index in [-0.39, 0.29) is 28.9 Å². The van der Waals surface area contributed by atoms with Crippen LogP contribution in [0.1, 0.15) is 82.4 Å². The molecule has 0 amide bonds. The Hall–Kier alpha value is -1.49. The molecule has 2 aliphatic rings. The third-order valence-electron chi connectivity index (χ3n) is 6.98. The zero-order valence-corrected chi connectivity index (χ0v) is 16.9. The van der Waals surface area contributed by atoms with Crippen molar-refractivity contribution in [2.75, 3.05) is 0 Å². The molecule has 28 heavy (non-hydrogen) atoms. The van der Waals surface area contributed by atoms with Crippen LogP contribution in [0.2, 0.25) is 0 Å². The Morgan fingerprint density at radius 3 is 2.43 bits per heavy atom. The number of esters is 1. The van der Waals surface area contributed by atoms with Crippen LogP contribution in [0.3, 0.4) is 0 Å². The summed E-state index contributed by atoms with van der Waals surface area (Å²) in [5.74, 6) is -0.898. The molecule has 3 nitrogen and oxygen atoms in total. The first kappa shape index (κ1) is 21.2. The van der Waals surface area contributed by atoms with E-state index in [1.807, 2.05) is 0 Å². The molecule has 0 bridgehead atoms. The quantitative estimate of drug-likeness (QED) is 0.630. The summed E-state index contributed by atoms with van der Waals surface area (Å²) in [6.45, 7) is 3.82. The van der Waals surface area contributed by atoms with Crippen molar-refractivity contribution in [2.45, 2.75) is 77.9 Å². The smallest absolute Gasteiger partial charge is 0.309 e. The van der Waals surface area contributed by atoms with E-state index in [0.29, 0.717) is 18.8 Å². The Balaban J connectivity index is 1.61. The van der Waals surface area contributed by atoms with Gasteiger partial charge in [-0.05, 0) is 43.4 Å². The first-order valence-electron chi connectivity index (χ1n) is 10.7. The van der Waals surface area contributed by atoms with Crippen LogP contribution in [-0.2, 0) is 16.1 Å². The molecule has 0 radical (unpaired) electrons. The van der Waals surface area contributed by atoms with Gasteiger partial charge in [0.05, 0.1) is 12.5 Å². The predicted molar refractivity (Wildman–Crippen MR) is 103 cm³/mol. The van der Waals surface area contributed by atoms with Crippen LogP contribution in [0.5, 0.6) is 0 Å². The lowest BCUT2D eigenvalue weighted by Crippen LogP contribution is -2.35. The van der Waals surface area contributed by atoms with E-state index in [1.165, 1.54) is 50.7 Å². The average molecular weight is 395 g/mol. The van der Waals surface area contributed by atoms with E-state index in [0.717, 1.165) is 5.92 Å². The van der Waals surface area contributed by atoms with Gasteiger partial charge in [0.2, 0.25) is 0 Å². The van der Waals surface area contributed by atoms with Crippen molar-refractivity contribution < 1.29 is 23.4 Å². The molecule has 1 N–H and O–H groups in total. The molecule has 0 spiro atoms. The van der Waals surface area contributed by atoms with Crippen molar-refractivity contribution in [1.29, 1.82) is 0 Å². The minimum absolute atomic E-state index is 0.0641. The summed E-state index contributed by atoms with van der Waals surface area (Å²) in [5.41, 5.74) is -0.0252. The van der Waals surface area contributed by atoms with E-state index in [4.69, 9.17) is 9.84 Å². The lowest BCUT2D eigenvalue weighted by atomic mass is 9.70. The van der Waals surface area contributed by atoms with Gasteiger partial charge in [-0.25, -0.2) is 8.78 Å². The van der Waals surface area contributed by atoms with Crippen molar-refractivity contribution in [3.8, 4) is 0 Å². The molecule has 3 atom stereocenters. The van der Waals surface area contributed by atoms with E-state index < -0.39 is 24.3 Å². The normalized spacial score (nSPS) is 29.4. The summed E-state index contributed by atoms with van der Waals surface area (Å²) in [7, 11) is 0. The number of hydrogen-bond acceptors (Lipinski definition) is 3. The first-order valence-corrected chi connectivity index (χ1v) is 10.7. The third kappa shape index (κ3) is 4.40. The van der Waals surface area contributed by atoms with Crippen molar-refractivity contribution in [1.82, 2.24) is 0 Å². The van der Waals surface area contributed by atoms with Crippen LogP contribution in [0.25, 0.3) is 0 Å². The van der Waals surface area contributed by atoms with Crippen LogP contribution < -0.4 is 0 Å². The van der Waals surface area contributed by atoms with Crippen molar-refractivity contribution in [2.24, 2.45) is 23.7 Å². The number of carbonyl (C=O) groups excluding carboxylic acids is 1. The van der Waals surface area contributed by atoms with Gasteiger partial charge in [-0.2, -0.15) is 0 Å². The van der Waals surface area contributed by atoms with Crippen molar-refractivity contribution in [3.63, 3.8) is 0 Å². The largest absolute Gasteiger partial charge is 0.457 e. The van der Waals surface area contributed by atoms with E-state index in [9.17, 15) is 13.6 Å². The van der Waals surface area contributed by atoms with Gasteiger partial charge in [-0.1, -0.05) is 51.7 Å². The second-order valence-electron chi connectivity index (χ2n) is 8.64. The molecule has 1 heterocycles. The summed E-state index contributed by atoms with van der Waals surface area (Å²) in [5, 5.41) is 9.06. The number of ether oxygens (including phenoxy) is 1. The highest BCUT2D eigenvalue weighted by atomic mass is 19.2. The third-order valence-corrected chi connectivity index (χ3v) is 6.98. The second-order valence-corrected chi connectivity index (χ2v) is 8.64. The van der Waals surface area contributed by atoms with Gasteiger partial charge in [-0.15, -0.1) is 0 Å². The molecule has 1 aromatic rings. The fourth-order valence-corrected chi connectivity index (χ4v) is 5.15. The van der Waals surface area contributed by atoms with Crippen molar-refractivity contribution >= 4 is 5.97 Å². The van der Waals surface area contributed by atoms with Crippen LogP contribution in [0.4, 0.5) is 8.78 Å². The molecule has 2 fully saturated rings. The summed E-state index contributed by atoms with van der Waals surface area (Å²) >= 11 is 0. The minimum atomic E-state index is -1.06. The van der Waals surface area contributed by atoms with E-state index in [1.54, 1.807) is 0 Å². The fraction of sp³-hybridized carbons (Fsp3) is 0.696. The zero-order chi connectivity index (χ0) is 20.3. The van der Waals surface area contributed by atoms with Gasteiger partial charge in [0.25, 0.3) is 0 Å². The maximum atomic E-state index is 14.3. The summed E-state index contributed by atoms with van der Waals surface area (Å²) in [6, 6.07) is 2.77. The molecule has 1 aliphatic heterocycles. The zero-order valence-electron chi connectivity index (χ0n) is 16.9. The lowest BCUT2D eigenvalue weighted by Gasteiger charge is -2.38. The SMILES string of the molecule is CCCC1CCC(C(C)C2CCC(c3ccc(CO)c(F)c3F)OC2=O)CC1. The highest BCUT2D eigenvalue weighted by molar-refractivity contribution is 5.74. The number of carbonyl (C=O) groups is 1. The molecular formula is C23H32F2O3. The van der Waals surface area contributed by atoms with Crippen LogP contribution in [-0.4, -0.2) is 11.1 Å². The molecule has 5 heteroatoms. The minimum Gasteiger partial charge on any atom is -0.457 e. The maximum Gasteiger partial charge on any atom is 0.309 e.